The molecule has 2 N–H and O–H groups in total. The zero-order valence-electron chi connectivity index (χ0n) is 17.0. The van der Waals surface area contributed by atoms with Gasteiger partial charge in [0.15, 0.2) is 5.82 Å². The number of aryl methyl sites for hydroxylation is 1. The molecule has 1 aliphatic rings. The lowest BCUT2D eigenvalue weighted by Crippen LogP contribution is -2.45. The Balaban J connectivity index is 1.42. The van der Waals surface area contributed by atoms with Gasteiger partial charge < -0.3 is 15.5 Å². The van der Waals surface area contributed by atoms with Crippen LogP contribution in [0, 0.1) is 18.7 Å². The summed E-state index contributed by atoms with van der Waals surface area (Å²) in [5.74, 6) is -0.661. The molecule has 2 aromatic carbocycles. The maximum atomic E-state index is 14.2. The molecule has 2 heterocycles. The monoisotopic (exact) mass is 423 g/mol. The van der Waals surface area contributed by atoms with E-state index in [0.717, 1.165) is 6.42 Å². The SMILES string of the molecule is Cc1nnnn1-c1cc(NC(=O)C2CCCN(C(=O)Nc3ccccc3)C2)ccc1F. The lowest BCUT2D eigenvalue weighted by Gasteiger charge is -2.32. The third-order valence-corrected chi connectivity index (χ3v) is 5.17. The van der Waals surface area contributed by atoms with E-state index in [4.69, 9.17) is 0 Å². The Bertz CT molecular complexity index is 1090. The number of tetrazole rings is 1. The van der Waals surface area contributed by atoms with Crippen LogP contribution in [0.2, 0.25) is 0 Å². The zero-order chi connectivity index (χ0) is 21.8. The number of para-hydroxylation sites is 1. The fourth-order valence-corrected chi connectivity index (χ4v) is 3.55. The van der Waals surface area contributed by atoms with E-state index in [2.05, 4.69) is 26.2 Å². The third kappa shape index (κ3) is 4.68. The first-order valence-electron chi connectivity index (χ1n) is 9.98. The molecule has 1 saturated heterocycles. The average Bonchev–Trinajstić information content (AvgIpc) is 3.21. The van der Waals surface area contributed by atoms with Crippen LogP contribution in [-0.4, -0.2) is 50.1 Å². The topological polar surface area (TPSA) is 105 Å². The summed E-state index contributed by atoms with van der Waals surface area (Å²) in [6, 6.07) is 13.2. The second-order valence-electron chi connectivity index (χ2n) is 7.37. The Morgan fingerprint density at radius 3 is 2.65 bits per heavy atom. The summed E-state index contributed by atoms with van der Waals surface area (Å²) in [4.78, 5) is 27.0. The summed E-state index contributed by atoms with van der Waals surface area (Å²) >= 11 is 0. The van der Waals surface area contributed by atoms with Crippen LogP contribution in [0.1, 0.15) is 18.7 Å². The van der Waals surface area contributed by atoms with Crippen molar-refractivity contribution in [2.75, 3.05) is 23.7 Å². The summed E-state index contributed by atoms with van der Waals surface area (Å²) in [6.07, 6.45) is 1.39. The van der Waals surface area contributed by atoms with Crippen LogP contribution in [-0.2, 0) is 4.79 Å². The number of hydrogen-bond acceptors (Lipinski definition) is 5. The molecular formula is C21H22FN7O2. The van der Waals surface area contributed by atoms with Crippen molar-refractivity contribution in [3.05, 3.63) is 60.2 Å². The number of piperidine rings is 1. The Labute approximate surface area is 178 Å². The number of halogens is 1. The third-order valence-electron chi connectivity index (χ3n) is 5.17. The lowest BCUT2D eigenvalue weighted by molar-refractivity contribution is -0.121. The number of urea groups is 1. The highest BCUT2D eigenvalue weighted by Crippen LogP contribution is 2.22. The number of hydrogen-bond donors (Lipinski definition) is 2. The van der Waals surface area contributed by atoms with Crippen molar-refractivity contribution in [3.63, 3.8) is 0 Å². The molecule has 0 radical (unpaired) electrons. The van der Waals surface area contributed by atoms with Gasteiger partial charge in [-0.1, -0.05) is 18.2 Å². The van der Waals surface area contributed by atoms with Crippen molar-refractivity contribution in [2.45, 2.75) is 19.8 Å². The van der Waals surface area contributed by atoms with Crippen LogP contribution in [0.3, 0.4) is 0 Å². The van der Waals surface area contributed by atoms with Crippen molar-refractivity contribution < 1.29 is 14.0 Å². The highest BCUT2D eigenvalue weighted by Gasteiger charge is 2.28. The van der Waals surface area contributed by atoms with Crippen molar-refractivity contribution in [3.8, 4) is 5.69 Å². The van der Waals surface area contributed by atoms with Gasteiger partial charge in [-0.15, -0.1) is 5.10 Å². The zero-order valence-corrected chi connectivity index (χ0v) is 17.0. The second-order valence-corrected chi connectivity index (χ2v) is 7.37. The number of likely N-dealkylation sites (tertiary alicyclic amines) is 1. The van der Waals surface area contributed by atoms with Gasteiger partial charge in [0.25, 0.3) is 0 Å². The van der Waals surface area contributed by atoms with Gasteiger partial charge in [-0.3, -0.25) is 4.79 Å². The van der Waals surface area contributed by atoms with E-state index >= 15 is 0 Å². The number of aromatic nitrogens is 4. The Hall–Kier alpha value is -3.82. The van der Waals surface area contributed by atoms with Crippen LogP contribution in [0.25, 0.3) is 5.69 Å². The summed E-state index contributed by atoms with van der Waals surface area (Å²) < 4.78 is 15.5. The smallest absolute Gasteiger partial charge is 0.321 e. The fraction of sp³-hybridized carbons (Fsp3) is 0.286. The summed E-state index contributed by atoms with van der Waals surface area (Å²) in [6.45, 7) is 2.55. The molecule has 10 heteroatoms. The number of nitrogens with one attached hydrogen (secondary N) is 2. The van der Waals surface area contributed by atoms with E-state index in [-0.39, 0.29) is 23.5 Å². The quantitative estimate of drug-likeness (QED) is 0.671. The summed E-state index contributed by atoms with van der Waals surface area (Å²) in [7, 11) is 0. The first-order valence-corrected chi connectivity index (χ1v) is 9.98. The van der Waals surface area contributed by atoms with Gasteiger partial charge in [0.1, 0.15) is 11.5 Å². The van der Waals surface area contributed by atoms with Gasteiger partial charge in [-0.2, -0.15) is 4.68 Å². The van der Waals surface area contributed by atoms with Gasteiger partial charge in [-0.25, -0.2) is 9.18 Å². The largest absolute Gasteiger partial charge is 0.326 e. The highest BCUT2D eigenvalue weighted by molar-refractivity contribution is 5.94. The van der Waals surface area contributed by atoms with Crippen molar-refractivity contribution in [1.82, 2.24) is 25.1 Å². The molecule has 31 heavy (non-hydrogen) atoms. The molecule has 0 bridgehead atoms. The fourth-order valence-electron chi connectivity index (χ4n) is 3.55. The number of anilines is 2. The Morgan fingerprint density at radius 1 is 1.10 bits per heavy atom. The molecule has 4 rings (SSSR count). The minimum Gasteiger partial charge on any atom is -0.326 e. The molecule has 0 spiro atoms. The van der Waals surface area contributed by atoms with Crippen LogP contribution in [0.5, 0.6) is 0 Å². The number of benzene rings is 2. The van der Waals surface area contributed by atoms with Gasteiger partial charge >= 0.3 is 6.03 Å². The van der Waals surface area contributed by atoms with Crippen LogP contribution in [0.4, 0.5) is 20.6 Å². The van der Waals surface area contributed by atoms with Gasteiger partial charge in [0, 0.05) is 24.5 Å². The molecule has 1 unspecified atom stereocenters. The predicted octanol–water partition coefficient (Wildman–Crippen LogP) is 2.99. The van der Waals surface area contributed by atoms with Gasteiger partial charge in [0.05, 0.1) is 5.92 Å². The standard InChI is InChI=1S/C21H22FN7O2/c1-14-25-26-27-29(14)19-12-17(9-10-18(19)22)23-20(30)15-6-5-11-28(13-15)21(31)24-16-7-3-2-4-8-16/h2-4,7-10,12,15H,5-6,11,13H2,1H3,(H,23,30)(H,24,31). The predicted molar refractivity (Wildman–Crippen MR) is 112 cm³/mol. The maximum absolute atomic E-state index is 14.2. The van der Waals surface area contributed by atoms with E-state index in [1.54, 1.807) is 11.8 Å². The van der Waals surface area contributed by atoms with Crippen molar-refractivity contribution >= 4 is 23.3 Å². The molecule has 1 aliphatic heterocycles. The molecule has 3 aromatic rings. The van der Waals surface area contributed by atoms with E-state index < -0.39 is 5.82 Å². The number of amides is 3. The number of carbonyl (C=O) groups is 2. The number of carbonyl (C=O) groups excluding carboxylic acids is 2. The first-order chi connectivity index (χ1) is 15.0. The van der Waals surface area contributed by atoms with Gasteiger partial charge in [0.2, 0.25) is 5.91 Å². The lowest BCUT2D eigenvalue weighted by atomic mass is 9.97. The molecule has 1 atom stereocenters. The minimum absolute atomic E-state index is 0.146. The van der Waals surface area contributed by atoms with Crippen LogP contribution >= 0.6 is 0 Å². The molecule has 3 amide bonds. The second kappa shape index (κ2) is 8.90. The molecule has 1 aromatic heterocycles. The van der Waals surface area contributed by atoms with Crippen LogP contribution < -0.4 is 10.6 Å². The normalized spacial score (nSPS) is 16.1. The van der Waals surface area contributed by atoms with E-state index in [0.29, 0.717) is 36.7 Å². The summed E-state index contributed by atoms with van der Waals surface area (Å²) in [5.41, 5.74) is 1.28. The van der Waals surface area contributed by atoms with Crippen molar-refractivity contribution in [1.29, 1.82) is 0 Å². The van der Waals surface area contributed by atoms with E-state index in [1.807, 2.05) is 30.3 Å². The molecule has 9 nitrogen and oxygen atoms in total. The van der Waals surface area contributed by atoms with Gasteiger partial charge in [-0.05, 0) is 60.5 Å². The molecule has 160 valence electrons. The molecule has 0 saturated carbocycles. The van der Waals surface area contributed by atoms with Crippen molar-refractivity contribution in [2.24, 2.45) is 5.92 Å². The molecular weight excluding hydrogens is 401 g/mol. The Morgan fingerprint density at radius 2 is 1.90 bits per heavy atom. The first kappa shape index (κ1) is 20.5. The highest BCUT2D eigenvalue weighted by atomic mass is 19.1. The Kier molecular flexibility index (Phi) is 5.87. The van der Waals surface area contributed by atoms with E-state index in [1.165, 1.54) is 22.9 Å². The average molecular weight is 423 g/mol. The minimum atomic E-state index is -0.505. The number of nitrogens with zero attached hydrogens (tertiary/aromatic N) is 5. The number of rotatable bonds is 4. The summed E-state index contributed by atoms with van der Waals surface area (Å²) in [5, 5.41) is 16.7. The molecule has 1 fully saturated rings. The molecule has 0 aliphatic carbocycles. The maximum Gasteiger partial charge on any atom is 0.321 e. The van der Waals surface area contributed by atoms with E-state index in [9.17, 15) is 14.0 Å². The van der Waals surface area contributed by atoms with Crippen LogP contribution in [0.15, 0.2) is 48.5 Å².